The Kier molecular flexibility index (Phi) is 5.40. The molecule has 0 aliphatic carbocycles. The number of amides is 1. The summed E-state index contributed by atoms with van der Waals surface area (Å²) in [4.78, 5) is 22.5. The summed E-state index contributed by atoms with van der Waals surface area (Å²) in [5.74, 6) is 0.612. The molecule has 2 aromatic heterocycles. The fourth-order valence-corrected chi connectivity index (χ4v) is 3.66. The molecule has 0 aliphatic rings. The number of aromatic nitrogens is 3. The van der Waals surface area contributed by atoms with Gasteiger partial charge in [0.05, 0.1) is 11.0 Å². The maximum absolute atomic E-state index is 12.9. The maximum Gasteiger partial charge on any atom is 0.257 e. The lowest BCUT2D eigenvalue weighted by Crippen LogP contribution is -2.25. The van der Waals surface area contributed by atoms with Gasteiger partial charge in [-0.3, -0.25) is 9.36 Å². The topological polar surface area (TPSA) is 85.8 Å². The van der Waals surface area contributed by atoms with Crippen molar-refractivity contribution in [1.29, 1.82) is 0 Å². The normalized spacial score (nSPS) is 12.4. The lowest BCUT2D eigenvalue weighted by molar-refractivity contribution is 0.0956. The van der Waals surface area contributed by atoms with E-state index in [0.29, 0.717) is 35.0 Å². The summed E-state index contributed by atoms with van der Waals surface area (Å²) in [7, 11) is 0. The Balaban J connectivity index is 1.95. The molecule has 0 radical (unpaired) electrons. The van der Waals surface area contributed by atoms with Crippen molar-refractivity contribution in [3.05, 3.63) is 59.7 Å². The molecule has 0 saturated heterocycles. The van der Waals surface area contributed by atoms with E-state index in [9.17, 15) is 4.79 Å². The van der Waals surface area contributed by atoms with E-state index >= 15 is 0 Å². The quantitative estimate of drug-likeness (QED) is 0.485. The first-order valence-corrected chi connectivity index (χ1v) is 10.5. The van der Waals surface area contributed by atoms with E-state index in [4.69, 9.17) is 15.7 Å². The number of nitrogens with two attached hydrogens (primary N) is 1. The number of carbonyl (C=O) groups excluding carboxylic acids is 1. The zero-order chi connectivity index (χ0) is 21.3. The van der Waals surface area contributed by atoms with E-state index in [2.05, 4.69) is 31.3 Å². The molecular weight excluding hydrogens is 374 g/mol. The predicted molar refractivity (Wildman–Crippen MR) is 122 cm³/mol. The minimum atomic E-state index is -0.223. The summed E-state index contributed by atoms with van der Waals surface area (Å²) in [6.07, 6.45) is 1.92. The van der Waals surface area contributed by atoms with Crippen LogP contribution in [0.15, 0.2) is 48.5 Å². The largest absolute Gasteiger partial charge is 0.384 e. The summed E-state index contributed by atoms with van der Waals surface area (Å²) in [5.41, 5.74) is 11.6. The van der Waals surface area contributed by atoms with Crippen LogP contribution < -0.4 is 11.1 Å². The number of nitrogens with zero attached hydrogens (tertiary/aromatic N) is 3. The van der Waals surface area contributed by atoms with E-state index in [1.54, 1.807) is 0 Å². The van der Waals surface area contributed by atoms with Gasteiger partial charge in [-0.05, 0) is 48.6 Å². The molecule has 4 rings (SSSR count). The van der Waals surface area contributed by atoms with Gasteiger partial charge < -0.3 is 11.1 Å². The van der Waals surface area contributed by atoms with Crippen molar-refractivity contribution < 1.29 is 4.79 Å². The molecular formula is C24H27N5O. The van der Waals surface area contributed by atoms with Gasteiger partial charge in [0, 0.05) is 12.2 Å². The minimum Gasteiger partial charge on any atom is -0.384 e. The molecule has 2 aromatic carbocycles. The highest BCUT2D eigenvalue weighted by Crippen LogP contribution is 2.31. The molecule has 0 saturated carbocycles. The second kappa shape index (κ2) is 8.14. The zero-order valence-electron chi connectivity index (χ0n) is 17.6. The number of anilines is 1. The summed E-state index contributed by atoms with van der Waals surface area (Å²) in [5, 5.41) is 2.93. The highest BCUT2D eigenvalue weighted by atomic mass is 16.1. The van der Waals surface area contributed by atoms with Crippen LogP contribution in [0.1, 0.15) is 55.5 Å². The zero-order valence-corrected chi connectivity index (χ0v) is 17.6. The molecule has 0 spiro atoms. The Morgan fingerprint density at radius 2 is 1.73 bits per heavy atom. The number of fused-ring (bicyclic) bond motifs is 2. The lowest BCUT2D eigenvalue weighted by Gasteiger charge is -2.12. The van der Waals surface area contributed by atoms with Crippen molar-refractivity contribution in [1.82, 2.24) is 19.9 Å². The van der Waals surface area contributed by atoms with E-state index in [1.807, 2.05) is 47.9 Å². The molecule has 6 nitrogen and oxygen atoms in total. The number of hydrogen-bond acceptors (Lipinski definition) is 4. The van der Waals surface area contributed by atoms with Crippen LogP contribution in [0, 0.1) is 0 Å². The molecule has 0 aliphatic heterocycles. The highest BCUT2D eigenvalue weighted by molar-refractivity contribution is 6.11. The van der Waals surface area contributed by atoms with Gasteiger partial charge in [-0.25, -0.2) is 9.97 Å². The number of hydrogen-bond donors (Lipinski definition) is 2. The number of nitrogens with one attached hydrogen (secondary N) is 1. The average molecular weight is 402 g/mol. The van der Waals surface area contributed by atoms with E-state index in [1.165, 1.54) is 5.56 Å². The number of benzene rings is 2. The number of para-hydroxylation sites is 2. The van der Waals surface area contributed by atoms with E-state index in [-0.39, 0.29) is 5.91 Å². The maximum atomic E-state index is 12.9. The monoisotopic (exact) mass is 401 g/mol. The first-order chi connectivity index (χ1) is 14.5. The Bertz CT molecular complexity index is 1210. The molecule has 0 bridgehead atoms. The van der Waals surface area contributed by atoms with Crippen LogP contribution in [-0.2, 0) is 0 Å². The second-order valence-electron chi connectivity index (χ2n) is 7.64. The van der Waals surface area contributed by atoms with Crippen LogP contribution in [0.5, 0.6) is 0 Å². The van der Waals surface area contributed by atoms with Gasteiger partial charge in [0.25, 0.3) is 5.91 Å². The van der Waals surface area contributed by atoms with Gasteiger partial charge >= 0.3 is 0 Å². The Morgan fingerprint density at radius 1 is 1.07 bits per heavy atom. The third-order valence-electron chi connectivity index (χ3n) is 5.59. The predicted octanol–water partition coefficient (Wildman–Crippen LogP) is 4.81. The SMILES string of the molecule is CCCNC(=O)c1c(N)n(-c2ccc(C(C)CC)cc2)c2nc3ccccc3nc12. The average Bonchev–Trinajstić information content (AvgIpc) is 3.06. The van der Waals surface area contributed by atoms with Crippen LogP contribution in [-0.4, -0.2) is 27.0 Å². The molecule has 1 unspecified atom stereocenters. The third-order valence-corrected chi connectivity index (χ3v) is 5.59. The van der Waals surface area contributed by atoms with Gasteiger partial charge in [0.15, 0.2) is 5.65 Å². The Hall–Kier alpha value is -3.41. The summed E-state index contributed by atoms with van der Waals surface area (Å²) in [6, 6.07) is 15.9. The number of carbonyl (C=O) groups is 1. The van der Waals surface area contributed by atoms with Crippen LogP contribution in [0.4, 0.5) is 5.82 Å². The molecule has 154 valence electrons. The summed E-state index contributed by atoms with van der Waals surface area (Å²) < 4.78 is 1.83. The van der Waals surface area contributed by atoms with Gasteiger partial charge in [-0.2, -0.15) is 0 Å². The standard InChI is InChI=1S/C24H27N5O/c1-4-14-26-24(30)20-21-23(28-19-9-7-6-8-18(19)27-21)29(22(20)25)17-12-10-16(11-13-17)15(3)5-2/h6-13,15H,4-5,14,25H2,1-3H3,(H,26,30). The number of rotatable bonds is 6. The van der Waals surface area contributed by atoms with E-state index in [0.717, 1.165) is 29.6 Å². The van der Waals surface area contributed by atoms with Crippen molar-refractivity contribution in [3.8, 4) is 5.69 Å². The fourth-order valence-electron chi connectivity index (χ4n) is 3.66. The summed E-state index contributed by atoms with van der Waals surface area (Å²) in [6.45, 7) is 6.98. The number of nitrogen functional groups attached to an aromatic ring is 1. The van der Waals surface area contributed by atoms with Gasteiger partial charge in [0.1, 0.15) is 16.9 Å². The van der Waals surface area contributed by atoms with Crippen LogP contribution in [0.25, 0.3) is 27.9 Å². The van der Waals surface area contributed by atoms with Crippen LogP contribution in [0.2, 0.25) is 0 Å². The van der Waals surface area contributed by atoms with Crippen molar-refractivity contribution in [2.24, 2.45) is 0 Å². The fraction of sp³-hybridized carbons (Fsp3) is 0.292. The smallest absolute Gasteiger partial charge is 0.257 e. The van der Waals surface area contributed by atoms with Gasteiger partial charge in [0.2, 0.25) is 0 Å². The van der Waals surface area contributed by atoms with Crippen LogP contribution in [0.3, 0.4) is 0 Å². The first kappa shape index (κ1) is 19.9. The molecule has 2 heterocycles. The lowest BCUT2D eigenvalue weighted by atomic mass is 9.99. The molecule has 0 fully saturated rings. The summed E-state index contributed by atoms with van der Waals surface area (Å²) >= 11 is 0. The first-order valence-electron chi connectivity index (χ1n) is 10.5. The van der Waals surface area contributed by atoms with Crippen molar-refractivity contribution in [2.75, 3.05) is 12.3 Å². The van der Waals surface area contributed by atoms with Crippen LogP contribution >= 0.6 is 0 Å². The van der Waals surface area contributed by atoms with Crippen molar-refractivity contribution >= 4 is 33.9 Å². The van der Waals surface area contributed by atoms with Crippen molar-refractivity contribution in [2.45, 2.75) is 39.5 Å². The highest BCUT2D eigenvalue weighted by Gasteiger charge is 2.24. The molecule has 3 N–H and O–H groups in total. The van der Waals surface area contributed by atoms with Gasteiger partial charge in [-0.15, -0.1) is 0 Å². The molecule has 4 aromatic rings. The van der Waals surface area contributed by atoms with Gasteiger partial charge in [-0.1, -0.05) is 45.0 Å². The molecule has 1 amide bonds. The second-order valence-corrected chi connectivity index (χ2v) is 7.64. The van der Waals surface area contributed by atoms with Crippen molar-refractivity contribution in [3.63, 3.8) is 0 Å². The third kappa shape index (κ3) is 3.38. The van der Waals surface area contributed by atoms with E-state index < -0.39 is 0 Å². The molecule has 30 heavy (non-hydrogen) atoms. The minimum absolute atomic E-state index is 0.223. The molecule has 6 heteroatoms. The Morgan fingerprint density at radius 3 is 2.37 bits per heavy atom. The molecule has 1 atom stereocenters. The Labute approximate surface area is 176 Å².